The fourth-order valence-corrected chi connectivity index (χ4v) is 3.92. The summed E-state index contributed by atoms with van der Waals surface area (Å²) < 4.78 is 5.04. The van der Waals surface area contributed by atoms with Crippen molar-refractivity contribution >= 4 is 17.7 Å². The number of carbonyl (C=O) groups is 3. The Morgan fingerprint density at radius 3 is 2.21 bits per heavy atom. The van der Waals surface area contributed by atoms with E-state index >= 15 is 0 Å². The van der Waals surface area contributed by atoms with Gasteiger partial charge in [0.2, 0.25) is 11.8 Å². The maximum atomic E-state index is 12.5. The Labute approximate surface area is 139 Å². The molecule has 3 heterocycles. The minimum atomic E-state index is -0.213. The number of hydrogen-bond acceptors (Lipinski definition) is 5. The zero-order valence-electron chi connectivity index (χ0n) is 13.7. The SMILES string of the molecule is Cc1noc(C)c1C(=O)N1CC(N2C(=O)C3CC=CCC3C2=O)C1. The Bertz CT molecular complexity index is 714. The number of carbonyl (C=O) groups excluding carboxylic acids is 3. The first-order valence-corrected chi connectivity index (χ1v) is 8.23. The quantitative estimate of drug-likeness (QED) is 0.598. The highest BCUT2D eigenvalue weighted by molar-refractivity contribution is 6.06. The second kappa shape index (κ2) is 5.29. The molecule has 7 nitrogen and oxygen atoms in total. The number of likely N-dealkylation sites (tertiary alicyclic amines) is 2. The molecule has 7 heteroatoms. The average Bonchev–Trinajstić information content (AvgIpc) is 2.98. The zero-order valence-corrected chi connectivity index (χ0v) is 13.7. The Kier molecular flexibility index (Phi) is 3.33. The summed E-state index contributed by atoms with van der Waals surface area (Å²) in [4.78, 5) is 40.7. The normalized spacial score (nSPS) is 26.8. The van der Waals surface area contributed by atoms with Gasteiger partial charge in [-0.2, -0.15) is 0 Å². The van der Waals surface area contributed by atoms with Crippen molar-refractivity contribution in [2.75, 3.05) is 13.1 Å². The van der Waals surface area contributed by atoms with Gasteiger partial charge >= 0.3 is 0 Å². The van der Waals surface area contributed by atoms with Crippen LogP contribution in [-0.4, -0.2) is 51.8 Å². The van der Waals surface area contributed by atoms with E-state index in [2.05, 4.69) is 5.16 Å². The van der Waals surface area contributed by atoms with Gasteiger partial charge in [-0.25, -0.2) is 0 Å². The van der Waals surface area contributed by atoms with E-state index in [0.717, 1.165) is 0 Å². The largest absolute Gasteiger partial charge is 0.361 e. The molecule has 0 N–H and O–H groups in total. The molecule has 0 aromatic carbocycles. The van der Waals surface area contributed by atoms with Crippen LogP contribution in [0.5, 0.6) is 0 Å². The summed E-state index contributed by atoms with van der Waals surface area (Å²) in [7, 11) is 0. The van der Waals surface area contributed by atoms with Crippen molar-refractivity contribution in [1.82, 2.24) is 15.0 Å². The first-order chi connectivity index (χ1) is 11.5. The number of aromatic nitrogens is 1. The minimum Gasteiger partial charge on any atom is -0.361 e. The molecule has 0 bridgehead atoms. The van der Waals surface area contributed by atoms with Crippen molar-refractivity contribution in [3.05, 3.63) is 29.2 Å². The highest BCUT2D eigenvalue weighted by Crippen LogP contribution is 2.37. The van der Waals surface area contributed by atoms with Gasteiger partial charge < -0.3 is 9.42 Å². The van der Waals surface area contributed by atoms with Crippen LogP contribution in [0.1, 0.15) is 34.7 Å². The summed E-state index contributed by atoms with van der Waals surface area (Å²) in [5.41, 5.74) is 1.04. The molecule has 2 fully saturated rings. The Balaban J connectivity index is 1.45. The molecule has 0 radical (unpaired) electrons. The van der Waals surface area contributed by atoms with Gasteiger partial charge in [-0.1, -0.05) is 17.3 Å². The van der Waals surface area contributed by atoms with Crippen molar-refractivity contribution in [2.24, 2.45) is 11.8 Å². The van der Waals surface area contributed by atoms with E-state index in [1.807, 2.05) is 12.2 Å². The third kappa shape index (κ3) is 2.03. The number of aryl methyl sites for hydroxylation is 2. The lowest BCUT2D eigenvalue weighted by Crippen LogP contribution is -2.62. The van der Waals surface area contributed by atoms with Crippen LogP contribution < -0.4 is 0 Å². The molecule has 2 unspecified atom stereocenters. The Morgan fingerprint density at radius 1 is 1.12 bits per heavy atom. The van der Waals surface area contributed by atoms with Gasteiger partial charge in [-0.15, -0.1) is 0 Å². The summed E-state index contributed by atoms with van der Waals surface area (Å²) in [6.45, 7) is 4.20. The topological polar surface area (TPSA) is 83.7 Å². The fraction of sp³-hybridized carbons (Fsp3) is 0.529. The molecule has 3 amide bonds. The van der Waals surface area contributed by atoms with E-state index in [9.17, 15) is 14.4 Å². The van der Waals surface area contributed by atoms with Crippen molar-refractivity contribution in [3.63, 3.8) is 0 Å². The molecule has 0 saturated carbocycles. The maximum Gasteiger partial charge on any atom is 0.259 e. The van der Waals surface area contributed by atoms with E-state index in [4.69, 9.17) is 4.52 Å². The van der Waals surface area contributed by atoms with Crippen LogP contribution in [0.2, 0.25) is 0 Å². The molecular weight excluding hydrogens is 310 g/mol. The summed E-state index contributed by atoms with van der Waals surface area (Å²) in [6, 6.07) is -0.208. The first kappa shape index (κ1) is 15.1. The van der Waals surface area contributed by atoms with Crippen LogP contribution in [0.25, 0.3) is 0 Å². The van der Waals surface area contributed by atoms with Crippen LogP contribution >= 0.6 is 0 Å². The highest BCUT2D eigenvalue weighted by Gasteiger charge is 2.52. The summed E-state index contributed by atoms with van der Waals surface area (Å²) in [5, 5.41) is 3.80. The molecule has 2 aliphatic heterocycles. The molecule has 1 aromatic rings. The van der Waals surface area contributed by atoms with Crippen molar-refractivity contribution in [1.29, 1.82) is 0 Å². The van der Waals surface area contributed by atoms with Gasteiger partial charge in [0.1, 0.15) is 11.3 Å². The first-order valence-electron chi connectivity index (χ1n) is 8.23. The lowest BCUT2D eigenvalue weighted by Gasteiger charge is -2.43. The predicted molar refractivity (Wildman–Crippen MR) is 82.9 cm³/mol. The molecule has 24 heavy (non-hydrogen) atoms. The molecule has 2 saturated heterocycles. The summed E-state index contributed by atoms with van der Waals surface area (Å²) in [5.74, 6) is -0.246. The number of fused-ring (bicyclic) bond motifs is 1. The van der Waals surface area contributed by atoms with E-state index in [-0.39, 0.29) is 35.6 Å². The molecule has 1 aromatic heterocycles. The van der Waals surface area contributed by atoms with E-state index in [0.29, 0.717) is 42.9 Å². The van der Waals surface area contributed by atoms with Crippen molar-refractivity contribution in [2.45, 2.75) is 32.7 Å². The van der Waals surface area contributed by atoms with Gasteiger partial charge in [0.15, 0.2) is 0 Å². The van der Waals surface area contributed by atoms with Gasteiger partial charge in [-0.3, -0.25) is 19.3 Å². The average molecular weight is 329 g/mol. The third-order valence-corrected chi connectivity index (χ3v) is 5.30. The standard InChI is InChI=1S/C17H19N3O4/c1-9-14(10(2)24-18-9)17(23)19-7-11(8-19)20-15(21)12-5-3-4-6-13(12)16(20)22/h3-4,11-13H,5-8H2,1-2H3. The lowest BCUT2D eigenvalue weighted by molar-refractivity contribution is -0.145. The maximum absolute atomic E-state index is 12.5. The molecule has 0 spiro atoms. The number of hydrogen-bond donors (Lipinski definition) is 0. The second-order valence-corrected chi connectivity index (χ2v) is 6.77. The number of nitrogens with zero attached hydrogens (tertiary/aromatic N) is 3. The van der Waals surface area contributed by atoms with Gasteiger partial charge in [-0.05, 0) is 26.7 Å². The van der Waals surface area contributed by atoms with Crippen molar-refractivity contribution in [3.8, 4) is 0 Å². The second-order valence-electron chi connectivity index (χ2n) is 6.77. The Morgan fingerprint density at radius 2 is 1.71 bits per heavy atom. The smallest absolute Gasteiger partial charge is 0.259 e. The van der Waals surface area contributed by atoms with Crippen molar-refractivity contribution < 1.29 is 18.9 Å². The van der Waals surface area contributed by atoms with E-state index < -0.39 is 0 Å². The number of amides is 3. The molecule has 3 aliphatic rings. The van der Waals surface area contributed by atoms with Gasteiger partial charge in [0.05, 0.1) is 23.6 Å². The van der Waals surface area contributed by atoms with E-state index in [1.54, 1.807) is 18.7 Å². The zero-order chi connectivity index (χ0) is 17.0. The van der Waals surface area contributed by atoms with Gasteiger partial charge in [0, 0.05) is 13.1 Å². The number of allylic oxidation sites excluding steroid dienone is 2. The molecule has 126 valence electrons. The molecule has 2 atom stereocenters. The Hall–Kier alpha value is -2.44. The van der Waals surface area contributed by atoms with Crippen LogP contribution in [0.3, 0.4) is 0 Å². The van der Waals surface area contributed by atoms with Crippen LogP contribution in [0, 0.1) is 25.7 Å². The molecule has 1 aliphatic carbocycles. The van der Waals surface area contributed by atoms with E-state index in [1.165, 1.54) is 4.90 Å². The predicted octanol–water partition coefficient (Wildman–Crippen LogP) is 1.07. The molecule has 4 rings (SSSR count). The molecular formula is C17H19N3O4. The third-order valence-electron chi connectivity index (χ3n) is 5.30. The number of rotatable bonds is 2. The number of imide groups is 1. The lowest BCUT2D eigenvalue weighted by atomic mass is 9.85. The fourth-order valence-electron chi connectivity index (χ4n) is 3.92. The van der Waals surface area contributed by atoms with Gasteiger partial charge in [0.25, 0.3) is 5.91 Å². The van der Waals surface area contributed by atoms with Crippen LogP contribution in [0.15, 0.2) is 16.7 Å². The summed E-state index contributed by atoms with van der Waals surface area (Å²) in [6.07, 6.45) is 5.23. The highest BCUT2D eigenvalue weighted by atomic mass is 16.5. The monoisotopic (exact) mass is 329 g/mol. The summed E-state index contributed by atoms with van der Waals surface area (Å²) >= 11 is 0. The van der Waals surface area contributed by atoms with Crippen LogP contribution in [-0.2, 0) is 9.59 Å². The van der Waals surface area contributed by atoms with Crippen LogP contribution in [0.4, 0.5) is 0 Å². The minimum absolute atomic E-state index is 0.0798.